The summed E-state index contributed by atoms with van der Waals surface area (Å²) in [5.74, 6) is 2.13. The van der Waals surface area contributed by atoms with Crippen molar-refractivity contribution >= 4 is 45.5 Å². The first-order valence-corrected chi connectivity index (χ1v) is 13.2. The molecule has 0 amide bonds. The first-order chi connectivity index (χ1) is 20.2. The van der Waals surface area contributed by atoms with Gasteiger partial charge in [-0.15, -0.1) is 0 Å². The number of nitrogens with zero attached hydrogens (tertiary/aromatic N) is 8. The summed E-state index contributed by atoms with van der Waals surface area (Å²) in [6, 6.07) is 23.8. The summed E-state index contributed by atoms with van der Waals surface area (Å²) in [5, 5.41) is 3.42. The van der Waals surface area contributed by atoms with Gasteiger partial charge in [0.1, 0.15) is 0 Å². The molecule has 0 unspecified atom stereocenters. The van der Waals surface area contributed by atoms with E-state index in [1.807, 2.05) is 91.9 Å². The molecular weight excluding hydrogens is 572 g/mol. The smallest absolute Gasteiger partial charge is 0.357 e. The van der Waals surface area contributed by atoms with E-state index in [9.17, 15) is 0 Å². The van der Waals surface area contributed by atoms with Gasteiger partial charge in [0.15, 0.2) is 0 Å². The normalized spacial score (nSPS) is 12.6. The quantitative estimate of drug-likeness (QED) is 0.252. The Labute approximate surface area is 250 Å². The summed E-state index contributed by atoms with van der Waals surface area (Å²) in [6.45, 7) is 5.87. The first kappa shape index (κ1) is 25.7. The number of aromatic nitrogens is 8. The molecule has 6 aromatic rings. The molecule has 42 heavy (non-hydrogen) atoms. The minimum absolute atomic E-state index is 0. The van der Waals surface area contributed by atoms with E-state index in [1.54, 1.807) is 6.08 Å². The molecule has 0 saturated carbocycles. The number of allylic oxidation sites excluding steroid dienone is 1. The molecule has 203 valence electrons. The van der Waals surface area contributed by atoms with Crippen molar-refractivity contribution in [3.8, 4) is 45.6 Å². The zero-order chi connectivity index (χ0) is 27.5. The van der Waals surface area contributed by atoms with Crippen molar-refractivity contribution < 1.29 is 17.1 Å². The molecule has 0 spiro atoms. The van der Waals surface area contributed by atoms with E-state index in [-0.39, 0.29) is 17.1 Å². The van der Waals surface area contributed by atoms with Gasteiger partial charge in [-0.1, -0.05) is 97.6 Å². The Balaban J connectivity index is 0.00000288. The van der Waals surface area contributed by atoms with Gasteiger partial charge in [0.2, 0.25) is 0 Å². The Bertz CT molecular complexity index is 2370. The predicted molar refractivity (Wildman–Crippen MR) is 161 cm³/mol. The predicted octanol–water partition coefficient (Wildman–Crippen LogP) is 4.74. The van der Waals surface area contributed by atoms with Crippen LogP contribution in [0.3, 0.4) is 0 Å². The van der Waals surface area contributed by atoms with Crippen LogP contribution in [0.4, 0.5) is 0 Å². The van der Waals surface area contributed by atoms with Gasteiger partial charge < -0.3 is 29.9 Å². The van der Waals surface area contributed by atoms with Gasteiger partial charge in [0, 0.05) is 44.8 Å². The largest absolute Gasteiger partial charge is 2.00 e. The van der Waals surface area contributed by atoms with Crippen molar-refractivity contribution in [1.29, 1.82) is 0 Å². The van der Waals surface area contributed by atoms with E-state index < -0.39 is 0 Å². The molecule has 8 rings (SSSR count). The standard InChI is InChI=1S/C33H20N8.Cu/c1-3-11-19-18(4-2)26-34-27(19)36-29-22-14-7-8-15-23(22)31(38-29)40-33-25-17-10-9-16-24(25)32(41-33)39-30-21-13-6-5-12-20(21)28(35-26)37-30;/h3-17H,1H2,2H3;/q-2;+2/b18-4+,19-11+;. The molecule has 0 atom stereocenters. The summed E-state index contributed by atoms with van der Waals surface area (Å²) in [4.78, 5) is 39.3. The van der Waals surface area contributed by atoms with Gasteiger partial charge in [-0.05, 0) is 28.1 Å². The van der Waals surface area contributed by atoms with Crippen molar-refractivity contribution in [2.75, 3.05) is 0 Å². The van der Waals surface area contributed by atoms with Crippen LogP contribution in [0.15, 0.2) is 85.5 Å². The maximum absolute atomic E-state index is 4.95. The molecule has 8 nitrogen and oxygen atoms in total. The van der Waals surface area contributed by atoms with Crippen molar-refractivity contribution in [3.05, 3.63) is 95.9 Å². The van der Waals surface area contributed by atoms with Gasteiger partial charge in [-0.25, -0.2) is 9.97 Å². The van der Waals surface area contributed by atoms with E-state index >= 15 is 0 Å². The maximum atomic E-state index is 4.95. The fourth-order valence-corrected chi connectivity index (χ4v) is 5.39. The van der Waals surface area contributed by atoms with Gasteiger partial charge in [0.25, 0.3) is 0 Å². The minimum Gasteiger partial charge on any atom is -0.357 e. The molecular formula is C33H20CuN8. The summed E-state index contributed by atoms with van der Waals surface area (Å²) in [7, 11) is 0. The summed E-state index contributed by atoms with van der Waals surface area (Å²) in [6.07, 6.45) is 5.59. The number of hydrogen-bond acceptors (Lipinski definition) is 6. The third-order valence-corrected chi connectivity index (χ3v) is 7.27. The molecule has 0 saturated heterocycles. The van der Waals surface area contributed by atoms with Crippen LogP contribution in [0, 0.1) is 0 Å². The Morgan fingerprint density at radius 3 is 1.33 bits per heavy atom. The topological polar surface area (TPSA) is 106 Å². The van der Waals surface area contributed by atoms with Crippen LogP contribution in [0.2, 0.25) is 0 Å². The second-order valence-corrected chi connectivity index (χ2v) is 9.64. The Kier molecular flexibility index (Phi) is 6.12. The average Bonchev–Trinajstić information content (AvgIpc) is 3.72. The second kappa shape index (κ2) is 9.99. The van der Waals surface area contributed by atoms with Crippen LogP contribution in [-0.4, -0.2) is 29.9 Å². The van der Waals surface area contributed by atoms with Crippen molar-refractivity contribution in [2.24, 2.45) is 0 Å². The van der Waals surface area contributed by atoms with Gasteiger partial charge in [-0.2, -0.15) is 0 Å². The number of benzene rings is 3. The second-order valence-electron chi connectivity index (χ2n) is 9.64. The van der Waals surface area contributed by atoms with Crippen LogP contribution in [0.25, 0.3) is 91.1 Å². The molecule has 3 aromatic carbocycles. The van der Waals surface area contributed by atoms with Gasteiger partial charge in [0.05, 0.1) is 23.3 Å². The molecule has 0 fully saturated rings. The Hall–Kier alpha value is -5.24. The molecule has 5 heterocycles. The van der Waals surface area contributed by atoms with Crippen molar-refractivity contribution in [3.63, 3.8) is 0 Å². The van der Waals surface area contributed by atoms with Crippen LogP contribution in [-0.2, 0) is 17.1 Å². The zero-order valence-electron chi connectivity index (χ0n) is 22.2. The number of rotatable bonds is 1. The van der Waals surface area contributed by atoms with E-state index in [0.29, 0.717) is 45.9 Å². The summed E-state index contributed by atoms with van der Waals surface area (Å²) in [5.41, 5.74) is 5.60. The van der Waals surface area contributed by atoms with Crippen molar-refractivity contribution in [1.82, 2.24) is 39.9 Å². The monoisotopic (exact) mass is 591 g/mol. The molecule has 0 aliphatic carbocycles. The first-order valence-electron chi connectivity index (χ1n) is 13.2. The molecule has 0 N–H and O–H groups in total. The Morgan fingerprint density at radius 2 is 0.905 bits per heavy atom. The molecule has 8 bridgehead atoms. The molecule has 2 aliphatic rings. The third-order valence-electron chi connectivity index (χ3n) is 7.27. The van der Waals surface area contributed by atoms with Crippen LogP contribution in [0.5, 0.6) is 0 Å². The number of hydrogen-bond donors (Lipinski definition) is 0. The van der Waals surface area contributed by atoms with E-state index in [2.05, 4.69) is 6.58 Å². The van der Waals surface area contributed by atoms with E-state index in [0.717, 1.165) is 43.5 Å². The van der Waals surface area contributed by atoms with Gasteiger partial charge in [-0.3, -0.25) is 0 Å². The molecule has 3 aromatic heterocycles. The van der Waals surface area contributed by atoms with E-state index in [1.165, 1.54) is 0 Å². The SMILES string of the molecule is C=C/C=c1\c(=C/C)c2nc3nc(nc4[n-]c(nc5nc(nc1[n-]2)-c1ccccc1-5)c1ccccc41)-c1ccccc1-3.[Cu+2]. The third kappa shape index (κ3) is 3.90. The van der Waals surface area contributed by atoms with Gasteiger partial charge >= 0.3 is 17.1 Å². The van der Waals surface area contributed by atoms with E-state index in [4.69, 9.17) is 39.9 Å². The fourth-order valence-electron chi connectivity index (χ4n) is 5.39. The maximum Gasteiger partial charge on any atom is 2.00 e. The molecule has 1 radical (unpaired) electrons. The van der Waals surface area contributed by atoms with Crippen LogP contribution >= 0.6 is 0 Å². The van der Waals surface area contributed by atoms with Crippen LogP contribution < -0.4 is 20.4 Å². The van der Waals surface area contributed by atoms with Crippen molar-refractivity contribution in [2.45, 2.75) is 6.92 Å². The fraction of sp³-hybridized carbons (Fsp3) is 0.0303. The molecule has 9 heteroatoms. The average molecular weight is 592 g/mol. The number of fused-ring (bicyclic) bond motifs is 17. The minimum atomic E-state index is 0. The zero-order valence-corrected chi connectivity index (χ0v) is 23.2. The summed E-state index contributed by atoms with van der Waals surface area (Å²) < 4.78 is 0. The Morgan fingerprint density at radius 1 is 0.524 bits per heavy atom. The summed E-state index contributed by atoms with van der Waals surface area (Å²) >= 11 is 0. The van der Waals surface area contributed by atoms with Crippen LogP contribution in [0.1, 0.15) is 6.92 Å². The molecule has 2 aliphatic heterocycles.